The molecule has 0 bridgehead atoms. The van der Waals surface area contributed by atoms with Gasteiger partial charge in [0.2, 0.25) is 0 Å². The van der Waals surface area contributed by atoms with Crippen molar-refractivity contribution >= 4 is 0 Å². The Morgan fingerprint density at radius 2 is 2.00 bits per heavy atom. The molecule has 0 amide bonds. The summed E-state index contributed by atoms with van der Waals surface area (Å²) in [6, 6.07) is 7.60. The molecular formula is C15H18O2. The van der Waals surface area contributed by atoms with Crippen LogP contribution in [0.2, 0.25) is 0 Å². The van der Waals surface area contributed by atoms with E-state index in [9.17, 15) is 0 Å². The fraction of sp³-hybridized carbons (Fsp3) is 0.333. The van der Waals surface area contributed by atoms with Crippen LogP contribution >= 0.6 is 0 Å². The minimum absolute atomic E-state index is 0.309. The van der Waals surface area contributed by atoms with Gasteiger partial charge < -0.3 is 9.47 Å². The van der Waals surface area contributed by atoms with Crippen molar-refractivity contribution < 1.29 is 9.47 Å². The number of benzene rings is 1. The highest BCUT2D eigenvalue weighted by atomic mass is 16.5. The molecule has 0 aromatic heterocycles. The fourth-order valence-electron chi connectivity index (χ4n) is 1.33. The quantitative estimate of drug-likeness (QED) is 0.570. The Bertz CT molecular complexity index is 406. The smallest absolute Gasteiger partial charge is 0.143 e. The summed E-state index contributed by atoms with van der Waals surface area (Å²) in [6.07, 6.45) is 7.16. The highest BCUT2D eigenvalue weighted by molar-refractivity contribution is 5.31. The van der Waals surface area contributed by atoms with Crippen molar-refractivity contribution in [1.29, 1.82) is 0 Å². The van der Waals surface area contributed by atoms with Crippen LogP contribution in [0.5, 0.6) is 5.75 Å². The maximum atomic E-state index is 5.61. The van der Waals surface area contributed by atoms with Crippen molar-refractivity contribution in [3.8, 4) is 18.1 Å². The zero-order valence-electron chi connectivity index (χ0n) is 10.6. The van der Waals surface area contributed by atoms with Crippen LogP contribution in [0.1, 0.15) is 25.5 Å². The van der Waals surface area contributed by atoms with Gasteiger partial charge in [0.15, 0.2) is 0 Å². The van der Waals surface area contributed by atoms with Crippen molar-refractivity contribution in [2.24, 2.45) is 0 Å². The van der Waals surface area contributed by atoms with Crippen LogP contribution in [-0.4, -0.2) is 13.7 Å². The molecule has 0 aliphatic rings. The molecular weight excluding hydrogens is 212 g/mol. The van der Waals surface area contributed by atoms with Crippen molar-refractivity contribution in [2.75, 3.05) is 13.7 Å². The largest absolute Gasteiger partial charge is 0.497 e. The monoisotopic (exact) mass is 230 g/mol. The third-order valence-corrected chi connectivity index (χ3v) is 2.32. The SMILES string of the molecule is C#CC(OCC=C(C)C)c1ccc(OC)cc1. The molecule has 17 heavy (non-hydrogen) atoms. The van der Waals surface area contributed by atoms with Gasteiger partial charge in [-0.1, -0.05) is 29.7 Å². The molecule has 1 aromatic rings. The number of allylic oxidation sites excluding steroid dienone is 1. The van der Waals surface area contributed by atoms with Gasteiger partial charge in [0, 0.05) is 0 Å². The average Bonchev–Trinajstić information content (AvgIpc) is 2.34. The zero-order valence-corrected chi connectivity index (χ0v) is 10.6. The third-order valence-electron chi connectivity index (χ3n) is 2.32. The minimum atomic E-state index is -0.309. The molecule has 0 aliphatic heterocycles. The predicted octanol–water partition coefficient (Wildman–Crippen LogP) is 3.35. The maximum Gasteiger partial charge on any atom is 0.143 e. The van der Waals surface area contributed by atoms with Crippen LogP contribution in [0, 0.1) is 12.3 Å². The van der Waals surface area contributed by atoms with Crippen LogP contribution in [0.4, 0.5) is 0 Å². The van der Waals surface area contributed by atoms with Gasteiger partial charge >= 0.3 is 0 Å². The maximum absolute atomic E-state index is 5.61. The number of hydrogen-bond acceptors (Lipinski definition) is 2. The Morgan fingerprint density at radius 3 is 2.47 bits per heavy atom. The molecule has 0 saturated carbocycles. The van der Waals surface area contributed by atoms with Gasteiger partial charge in [0.05, 0.1) is 13.7 Å². The summed E-state index contributed by atoms with van der Waals surface area (Å²) in [5, 5.41) is 0. The first-order valence-corrected chi connectivity index (χ1v) is 5.52. The first kappa shape index (κ1) is 13.3. The van der Waals surface area contributed by atoms with E-state index in [0.717, 1.165) is 11.3 Å². The highest BCUT2D eigenvalue weighted by Gasteiger charge is 2.07. The van der Waals surface area contributed by atoms with Crippen LogP contribution in [0.25, 0.3) is 0 Å². The summed E-state index contributed by atoms with van der Waals surface area (Å²) >= 11 is 0. The summed E-state index contributed by atoms with van der Waals surface area (Å²) in [4.78, 5) is 0. The highest BCUT2D eigenvalue weighted by Crippen LogP contribution is 2.20. The van der Waals surface area contributed by atoms with Gasteiger partial charge in [-0.2, -0.15) is 0 Å². The lowest BCUT2D eigenvalue weighted by Crippen LogP contribution is -2.02. The van der Waals surface area contributed by atoms with E-state index in [1.54, 1.807) is 7.11 Å². The van der Waals surface area contributed by atoms with E-state index in [1.165, 1.54) is 5.57 Å². The lowest BCUT2D eigenvalue weighted by molar-refractivity contribution is 0.117. The van der Waals surface area contributed by atoms with Crippen molar-refractivity contribution in [2.45, 2.75) is 20.0 Å². The molecule has 0 aliphatic carbocycles. The summed E-state index contributed by atoms with van der Waals surface area (Å²) in [6.45, 7) is 4.59. The van der Waals surface area contributed by atoms with E-state index >= 15 is 0 Å². The van der Waals surface area contributed by atoms with Crippen LogP contribution in [0.15, 0.2) is 35.9 Å². The van der Waals surface area contributed by atoms with E-state index < -0.39 is 0 Å². The molecule has 1 atom stereocenters. The van der Waals surface area contributed by atoms with Crippen LogP contribution in [0.3, 0.4) is 0 Å². The average molecular weight is 230 g/mol. The molecule has 0 radical (unpaired) electrons. The van der Waals surface area contributed by atoms with Crippen molar-refractivity contribution in [3.05, 3.63) is 41.5 Å². The summed E-state index contributed by atoms with van der Waals surface area (Å²) < 4.78 is 10.7. The zero-order chi connectivity index (χ0) is 12.7. The second kappa shape index (κ2) is 6.78. The Balaban J connectivity index is 2.67. The molecule has 0 saturated heterocycles. The Labute approximate surface area is 103 Å². The number of methoxy groups -OCH3 is 1. The van der Waals surface area contributed by atoms with Crippen molar-refractivity contribution in [1.82, 2.24) is 0 Å². The van der Waals surface area contributed by atoms with Gasteiger partial charge in [-0.05, 0) is 31.5 Å². The van der Waals surface area contributed by atoms with E-state index in [-0.39, 0.29) is 6.10 Å². The summed E-state index contributed by atoms with van der Waals surface area (Å²) in [7, 11) is 1.64. The van der Waals surface area contributed by atoms with Gasteiger partial charge in [-0.25, -0.2) is 0 Å². The lowest BCUT2D eigenvalue weighted by atomic mass is 10.1. The number of hydrogen-bond donors (Lipinski definition) is 0. The van der Waals surface area contributed by atoms with E-state index in [0.29, 0.717) is 6.61 Å². The third kappa shape index (κ3) is 4.34. The van der Waals surface area contributed by atoms with Crippen LogP contribution in [-0.2, 0) is 4.74 Å². The first-order chi connectivity index (χ1) is 8.17. The summed E-state index contributed by atoms with van der Waals surface area (Å²) in [5.41, 5.74) is 2.19. The topological polar surface area (TPSA) is 18.5 Å². The molecule has 2 nitrogen and oxygen atoms in total. The van der Waals surface area contributed by atoms with Gasteiger partial charge in [0.25, 0.3) is 0 Å². The van der Waals surface area contributed by atoms with E-state index in [2.05, 4.69) is 5.92 Å². The normalized spacial score (nSPS) is 11.4. The number of rotatable bonds is 5. The predicted molar refractivity (Wildman–Crippen MR) is 70.0 cm³/mol. The standard InChI is InChI=1S/C15H18O2/c1-5-15(17-11-10-12(2)3)13-6-8-14(16-4)9-7-13/h1,6-10,15H,11H2,2-4H3. The molecule has 0 heterocycles. The lowest BCUT2D eigenvalue weighted by Gasteiger charge is -2.11. The van der Waals surface area contributed by atoms with Crippen molar-refractivity contribution in [3.63, 3.8) is 0 Å². The molecule has 1 unspecified atom stereocenters. The fourth-order valence-corrected chi connectivity index (χ4v) is 1.33. The van der Waals surface area contributed by atoms with Crippen LogP contribution < -0.4 is 4.74 Å². The number of terminal acetylenes is 1. The van der Waals surface area contributed by atoms with Gasteiger partial charge in [-0.3, -0.25) is 0 Å². The second-order valence-electron chi connectivity index (χ2n) is 3.93. The van der Waals surface area contributed by atoms with E-state index in [1.807, 2.05) is 44.2 Å². The summed E-state index contributed by atoms with van der Waals surface area (Å²) in [5.74, 6) is 3.45. The Hall–Kier alpha value is -1.72. The molecule has 1 aromatic carbocycles. The van der Waals surface area contributed by atoms with E-state index in [4.69, 9.17) is 15.9 Å². The molecule has 2 heteroatoms. The molecule has 0 spiro atoms. The first-order valence-electron chi connectivity index (χ1n) is 5.52. The molecule has 0 fully saturated rings. The Kier molecular flexibility index (Phi) is 5.32. The molecule has 0 N–H and O–H groups in total. The Morgan fingerprint density at radius 1 is 1.35 bits per heavy atom. The molecule has 90 valence electrons. The number of ether oxygens (including phenoxy) is 2. The minimum Gasteiger partial charge on any atom is -0.497 e. The second-order valence-corrected chi connectivity index (χ2v) is 3.93. The molecule has 1 rings (SSSR count). The van der Waals surface area contributed by atoms with Gasteiger partial charge in [0.1, 0.15) is 11.9 Å². The van der Waals surface area contributed by atoms with Gasteiger partial charge in [-0.15, -0.1) is 6.42 Å².